The number of anilines is 1. The first kappa shape index (κ1) is 21.6. The quantitative estimate of drug-likeness (QED) is 0.643. The number of aromatic nitrogens is 2. The van der Waals surface area contributed by atoms with Crippen molar-refractivity contribution < 1.29 is 9.59 Å². The smallest absolute Gasteiger partial charge is 0.256 e. The Kier molecular flexibility index (Phi) is 5.97. The van der Waals surface area contributed by atoms with Gasteiger partial charge in [0.2, 0.25) is 0 Å². The van der Waals surface area contributed by atoms with Crippen molar-refractivity contribution in [1.29, 1.82) is 0 Å². The molecule has 0 unspecified atom stereocenters. The van der Waals surface area contributed by atoms with Gasteiger partial charge in [-0.05, 0) is 57.9 Å². The van der Waals surface area contributed by atoms with Gasteiger partial charge in [-0.3, -0.25) is 9.59 Å². The van der Waals surface area contributed by atoms with E-state index in [0.29, 0.717) is 35.1 Å². The zero-order chi connectivity index (χ0) is 22.1. The third kappa shape index (κ3) is 4.70. The van der Waals surface area contributed by atoms with E-state index in [1.54, 1.807) is 18.2 Å². The summed E-state index contributed by atoms with van der Waals surface area (Å²) in [5, 5.41) is 6.60. The van der Waals surface area contributed by atoms with Crippen molar-refractivity contribution in [2.75, 3.05) is 11.9 Å². The number of carbonyl (C=O) groups excluding carboxylic acids is 2. The van der Waals surface area contributed by atoms with Gasteiger partial charge in [0.05, 0.1) is 5.56 Å². The Bertz CT molecular complexity index is 1070. The largest absolute Gasteiger partial charge is 0.352 e. The van der Waals surface area contributed by atoms with Gasteiger partial charge in [0.15, 0.2) is 0 Å². The van der Waals surface area contributed by atoms with Gasteiger partial charge in [-0.2, -0.15) is 0 Å². The Hall–Kier alpha value is -3.15. The Labute approximate surface area is 177 Å². The number of hydrogen-bond acceptors (Lipinski definition) is 3. The number of fused-ring (bicyclic) bond motifs is 1. The molecule has 0 aliphatic carbocycles. The number of aryl methyl sites for hydroxylation is 1. The van der Waals surface area contributed by atoms with Crippen molar-refractivity contribution in [1.82, 2.24) is 14.9 Å². The average Bonchev–Trinajstić information content (AvgIpc) is 3.06. The monoisotopic (exact) mass is 406 g/mol. The summed E-state index contributed by atoms with van der Waals surface area (Å²) < 4.78 is 1.98. The van der Waals surface area contributed by atoms with Gasteiger partial charge in [0.25, 0.3) is 11.8 Å². The molecule has 0 saturated carbocycles. The average molecular weight is 407 g/mol. The highest BCUT2D eigenvalue weighted by Gasteiger charge is 2.23. The number of hydrogen-bond donors (Lipinski definition) is 2. The summed E-state index contributed by atoms with van der Waals surface area (Å²) in [6, 6.07) is 11.0. The van der Waals surface area contributed by atoms with Crippen LogP contribution in [0.3, 0.4) is 0 Å². The van der Waals surface area contributed by atoms with E-state index in [0.717, 1.165) is 10.9 Å². The fraction of sp³-hybridized carbons (Fsp3) is 0.375. The predicted octanol–water partition coefficient (Wildman–Crippen LogP) is 4.74. The summed E-state index contributed by atoms with van der Waals surface area (Å²) in [5.74, 6) is 0.484. The van der Waals surface area contributed by atoms with Gasteiger partial charge in [0, 0.05) is 29.2 Å². The first-order chi connectivity index (χ1) is 14.1. The van der Waals surface area contributed by atoms with Crippen molar-refractivity contribution in [3.63, 3.8) is 0 Å². The van der Waals surface area contributed by atoms with E-state index in [1.807, 2.05) is 35.9 Å². The topological polar surface area (TPSA) is 76.0 Å². The zero-order valence-electron chi connectivity index (χ0n) is 18.5. The third-order valence-corrected chi connectivity index (χ3v) is 4.85. The van der Waals surface area contributed by atoms with Gasteiger partial charge in [-0.15, -0.1) is 0 Å². The molecular weight excluding hydrogens is 376 g/mol. The molecule has 0 atom stereocenters. The van der Waals surface area contributed by atoms with Crippen LogP contribution < -0.4 is 10.6 Å². The molecule has 3 aromatic rings. The number of carbonyl (C=O) groups is 2. The lowest BCUT2D eigenvalue weighted by Gasteiger charge is -2.22. The van der Waals surface area contributed by atoms with Crippen molar-refractivity contribution in [3.8, 4) is 0 Å². The zero-order valence-corrected chi connectivity index (χ0v) is 18.5. The highest BCUT2D eigenvalue weighted by Crippen LogP contribution is 2.28. The van der Waals surface area contributed by atoms with Crippen LogP contribution >= 0.6 is 0 Å². The molecule has 3 rings (SSSR count). The third-order valence-electron chi connectivity index (χ3n) is 4.85. The van der Waals surface area contributed by atoms with Crippen LogP contribution in [0.2, 0.25) is 0 Å². The van der Waals surface area contributed by atoms with Gasteiger partial charge in [0.1, 0.15) is 11.5 Å². The minimum absolute atomic E-state index is 0.116. The Morgan fingerprint density at radius 2 is 1.70 bits per heavy atom. The predicted molar refractivity (Wildman–Crippen MR) is 121 cm³/mol. The SMILES string of the molecule is Cc1ccc(C(=O)Nc2ccc3c(C(=O)NCC(C)C)cn(C(C)(C)C)c3n2)cc1. The molecule has 2 heterocycles. The first-order valence-corrected chi connectivity index (χ1v) is 10.2. The van der Waals surface area contributed by atoms with Crippen LogP contribution in [0, 0.1) is 12.8 Å². The van der Waals surface area contributed by atoms with Crippen LogP contribution in [0.15, 0.2) is 42.6 Å². The molecule has 0 fully saturated rings. The molecule has 30 heavy (non-hydrogen) atoms. The summed E-state index contributed by atoms with van der Waals surface area (Å²) in [6.45, 7) is 12.9. The second kappa shape index (κ2) is 8.30. The molecule has 158 valence electrons. The standard InChI is InChI=1S/C24H30N4O2/c1-15(2)13-25-23(30)19-14-28(24(4,5)6)21-18(19)11-12-20(26-21)27-22(29)17-9-7-16(3)8-10-17/h7-12,14-15H,13H2,1-6H3,(H,25,30)(H,26,27,29). The van der Waals surface area contributed by atoms with E-state index in [2.05, 4.69) is 50.2 Å². The molecule has 2 aromatic heterocycles. The highest BCUT2D eigenvalue weighted by atomic mass is 16.2. The van der Waals surface area contributed by atoms with Gasteiger partial charge in [-0.25, -0.2) is 4.98 Å². The second-order valence-corrected chi connectivity index (χ2v) is 9.08. The van der Waals surface area contributed by atoms with E-state index in [4.69, 9.17) is 0 Å². The summed E-state index contributed by atoms with van der Waals surface area (Å²) in [7, 11) is 0. The fourth-order valence-electron chi connectivity index (χ4n) is 3.15. The van der Waals surface area contributed by atoms with Crippen LogP contribution in [0.25, 0.3) is 11.0 Å². The normalized spacial score (nSPS) is 11.7. The van der Waals surface area contributed by atoms with Crippen molar-refractivity contribution in [2.24, 2.45) is 5.92 Å². The van der Waals surface area contributed by atoms with Crippen molar-refractivity contribution in [2.45, 2.75) is 47.1 Å². The van der Waals surface area contributed by atoms with Crippen LogP contribution in [-0.2, 0) is 5.54 Å². The molecule has 6 heteroatoms. The molecule has 6 nitrogen and oxygen atoms in total. The molecular formula is C24H30N4O2. The number of benzene rings is 1. The highest BCUT2D eigenvalue weighted by molar-refractivity contribution is 6.07. The van der Waals surface area contributed by atoms with Gasteiger partial charge in [-0.1, -0.05) is 31.5 Å². The molecule has 0 aliphatic heterocycles. The number of pyridine rings is 1. The van der Waals surface area contributed by atoms with Crippen LogP contribution in [0.1, 0.15) is 60.9 Å². The van der Waals surface area contributed by atoms with E-state index in [-0.39, 0.29) is 17.4 Å². The molecule has 0 saturated heterocycles. The Morgan fingerprint density at radius 3 is 2.30 bits per heavy atom. The molecule has 0 spiro atoms. The molecule has 1 aromatic carbocycles. The van der Waals surface area contributed by atoms with E-state index < -0.39 is 0 Å². The first-order valence-electron chi connectivity index (χ1n) is 10.2. The lowest BCUT2D eigenvalue weighted by Crippen LogP contribution is -2.27. The Balaban J connectivity index is 1.96. The molecule has 2 N–H and O–H groups in total. The molecule has 0 aliphatic rings. The summed E-state index contributed by atoms with van der Waals surface area (Å²) in [6.07, 6.45) is 1.85. The number of nitrogens with one attached hydrogen (secondary N) is 2. The second-order valence-electron chi connectivity index (χ2n) is 9.08. The summed E-state index contributed by atoms with van der Waals surface area (Å²) in [4.78, 5) is 30.0. The minimum atomic E-state index is -0.276. The molecule has 0 radical (unpaired) electrons. The summed E-state index contributed by atoms with van der Waals surface area (Å²) in [5.41, 5.74) is 2.64. The van der Waals surface area contributed by atoms with Gasteiger partial charge < -0.3 is 15.2 Å². The van der Waals surface area contributed by atoms with E-state index >= 15 is 0 Å². The van der Waals surface area contributed by atoms with E-state index in [9.17, 15) is 9.59 Å². The summed E-state index contributed by atoms with van der Waals surface area (Å²) >= 11 is 0. The number of nitrogens with zero attached hydrogens (tertiary/aromatic N) is 2. The lowest BCUT2D eigenvalue weighted by atomic mass is 10.1. The van der Waals surface area contributed by atoms with Crippen LogP contribution in [0.5, 0.6) is 0 Å². The van der Waals surface area contributed by atoms with Crippen LogP contribution in [0.4, 0.5) is 5.82 Å². The minimum Gasteiger partial charge on any atom is -0.352 e. The molecule has 0 bridgehead atoms. The Morgan fingerprint density at radius 1 is 1.03 bits per heavy atom. The fourth-order valence-corrected chi connectivity index (χ4v) is 3.15. The maximum absolute atomic E-state index is 12.8. The van der Waals surface area contributed by atoms with Crippen molar-refractivity contribution >= 4 is 28.7 Å². The lowest BCUT2D eigenvalue weighted by molar-refractivity contribution is 0.0949. The molecule has 2 amide bonds. The number of amides is 2. The number of rotatable bonds is 5. The van der Waals surface area contributed by atoms with Gasteiger partial charge >= 0.3 is 0 Å². The van der Waals surface area contributed by atoms with Crippen molar-refractivity contribution in [3.05, 3.63) is 59.3 Å². The van der Waals surface area contributed by atoms with Crippen LogP contribution in [-0.4, -0.2) is 27.9 Å². The maximum Gasteiger partial charge on any atom is 0.256 e. The van der Waals surface area contributed by atoms with E-state index in [1.165, 1.54) is 0 Å². The maximum atomic E-state index is 12.8.